The van der Waals surface area contributed by atoms with E-state index in [4.69, 9.17) is 0 Å². The number of rotatable bonds is 4. The Hall–Kier alpha value is -2.41. The average molecular weight is 334 g/mol. The van der Waals surface area contributed by atoms with Gasteiger partial charge in [-0.2, -0.15) is 0 Å². The summed E-state index contributed by atoms with van der Waals surface area (Å²) in [5, 5.41) is 11.0. The molecule has 0 saturated carbocycles. The summed E-state index contributed by atoms with van der Waals surface area (Å²) in [5.74, 6) is 0. The lowest BCUT2D eigenvalue weighted by Gasteiger charge is -2.22. The third-order valence-corrected chi connectivity index (χ3v) is 5.51. The third kappa shape index (κ3) is 3.19. The largest absolute Gasteiger partial charge is 0.273 e. The van der Waals surface area contributed by atoms with E-state index in [2.05, 4.69) is 0 Å². The molecule has 0 aromatic heterocycles. The molecule has 0 aliphatic rings. The minimum Gasteiger partial charge on any atom is -0.269 e. The van der Waals surface area contributed by atoms with Crippen LogP contribution in [0.3, 0.4) is 0 Å². The fraction of sp³-hybridized carbons (Fsp3) is 0.250. The van der Waals surface area contributed by atoms with Gasteiger partial charge >= 0.3 is 0 Å². The molecule has 23 heavy (non-hydrogen) atoms. The SMILES string of the molecule is Cc1ccc(C)c(N(C)S(=O)(=O)c2ccc(C)c([N+](=O)[O-])c2)c1. The molecule has 0 heterocycles. The highest BCUT2D eigenvalue weighted by atomic mass is 32.2. The zero-order chi connectivity index (χ0) is 17.4. The molecule has 0 aliphatic heterocycles. The topological polar surface area (TPSA) is 80.5 Å². The minimum absolute atomic E-state index is 0.0989. The molecule has 2 rings (SSSR count). The van der Waals surface area contributed by atoms with E-state index in [-0.39, 0.29) is 10.6 Å². The Morgan fingerprint density at radius 3 is 2.22 bits per heavy atom. The summed E-state index contributed by atoms with van der Waals surface area (Å²) < 4.78 is 26.7. The zero-order valence-corrected chi connectivity index (χ0v) is 14.2. The number of hydrogen-bond acceptors (Lipinski definition) is 4. The molecule has 0 spiro atoms. The summed E-state index contributed by atoms with van der Waals surface area (Å²) in [7, 11) is -2.43. The lowest BCUT2D eigenvalue weighted by molar-refractivity contribution is -0.385. The van der Waals surface area contributed by atoms with Crippen LogP contribution in [0.4, 0.5) is 11.4 Å². The summed E-state index contributed by atoms with van der Waals surface area (Å²) >= 11 is 0. The number of nitro benzene ring substituents is 1. The molecule has 122 valence electrons. The monoisotopic (exact) mass is 334 g/mol. The van der Waals surface area contributed by atoms with Crippen LogP contribution in [0.25, 0.3) is 0 Å². The van der Waals surface area contributed by atoms with Crippen molar-refractivity contribution >= 4 is 21.4 Å². The minimum atomic E-state index is -3.88. The number of nitrogens with zero attached hydrogens (tertiary/aromatic N) is 2. The number of aryl methyl sites for hydroxylation is 3. The Labute approximate surface area is 135 Å². The van der Waals surface area contributed by atoms with Crippen molar-refractivity contribution in [3.8, 4) is 0 Å². The van der Waals surface area contributed by atoms with Gasteiger partial charge in [-0.25, -0.2) is 8.42 Å². The van der Waals surface area contributed by atoms with Gasteiger partial charge < -0.3 is 0 Å². The van der Waals surface area contributed by atoms with Crippen LogP contribution in [0.1, 0.15) is 16.7 Å². The van der Waals surface area contributed by atoms with Gasteiger partial charge in [0.05, 0.1) is 15.5 Å². The van der Waals surface area contributed by atoms with Crippen molar-refractivity contribution in [2.24, 2.45) is 0 Å². The second kappa shape index (κ2) is 6.00. The van der Waals surface area contributed by atoms with Crippen LogP contribution in [-0.4, -0.2) is 20.4 Å². The van der Waals surface area contributed by atoms with E-state index in [1.54, 1.807) is 13.0 Å². The summed E-state index contributed by atoms with van der Waals surface area (Å²) in [5.41, 5.74) is 2.50. The summed E-state index contributed by atoms with van der Waals surface area (Å²) in [6, 6.07) is 9.45. The smallest absolute Gasteiger partial charge is 0.269 e. The summed E-state index contributed by atoms with van der Waals surface area (Å²) in [6.07, 6.45) is 0. The predicted octanol–water partition coefficient (Wildman–Crippen LogP) is 3.35. The van der Waals surface area contributed by atoms with Gasteiger partial charge in [-0.15, -0.1) is 0 Å². The molecule has 2 aromatic rings. The number of anilines is 1. The van der Waals surface area contributed by atoms with Crippen LogP contribution in [0.2, 0.25) is 0 Å². The first-order valence-electron chi connectivity index (χ1n) is 6.96. The molecule has 6 nitrogen and oxygen atoms in total. The molecule has 0 bridgehead atoms. The highest BCUT2D eigenvalue weighted by Crippen LogP contribution is 2.29. The predicted molar refractivity (Wildman–Crippen MR) is 89.3 cm³/mol. The lowest BCUT2D eigenvalue weighted by atomic mass is 10.1. The van der Waals surface area contributed by atoms with E-state index < -0.39 is 14.9 Å². The Balaban J connectivity index is 2.56. The molecule has 0 N–H and O–H groups in total. The maximum Gasteiger partial charge on any atom is 0.273 e. The van der Waals surface area contributed by atoms with E-state index in [9.17, 15) is 18.5 Å². The van der Waals surface area contributed by atoms with Crippen molar-refractivity contribution in [1.82, 2.24) is 0 Å². The van der Waals surface area contributed by atoms with Crippen molar-refractivity contribution in [1.29, 1.82) is 0 Å². The molecule has 0 amide bonds. The maximum atomic E-state index is 12.8. The highest BCUT2D eigenvalue weighted by Gasteiger charge is 2.25. The van der Waals surface area contributed by atoms with E-state index in [1.165, 1.54) is 19.2 Å². The van der Waals surface area contributed by atoms with Gasteiger partial charge in [-0.05, 0) is 44.0 Å². The molecule has 0 atom stereocenters. The number of sulfonamides is 1. The van der Waals surface area contributed by atoms with Gasteiger partial charge in [-0.1, -0.05) is 18.2 Å². The highest BCUT2D eigenvalue weighted by molar-refractivity contribution is 7.92. The van der Waals surface area contributed by atoms with Crippen LogP contribution in [-0.2, 0) is 10.0 Å². The van der Waals surface area contributed by atoms with Crippen LogP contribution in [0, 0.1) is 30.9 Å². The first-order valence-corrected chi connectivity index (χ1v) is 8.40. The van der Waals surface area contributed by atoms with E-state index in [0.29, 0.717) is 11.3 Å². The van der Waals surface area contributed by atoms with Crippen LogP contribution in [0.5, 0.6) is 0 Å². The Kier molecular flexibility index (Phi) is 4.42. The molecule has 0 radical (unpaired) electrons. The van der Waals surface area contributed by atoms with Crippen LogP contribution < -0.4 is 4.31 Å². The molecule has 0 saturated heterocycles. The van der Waals surface area contributed by atoms with Gasteiger partial charge in [0, 0.05) is 18.7 Å². The Morgan fingerprint density at radius 1 is 1.00 bits per heavy atom. The van der Waals surface area contributed by atoms with Gasteiger partial charge in [-0.3, -0.25) is 14.4 Å². The van der Waals surface area contributed by atoms with Gasteiger partial charge in [0.1, 0.15) is 0 Å². The van der Waals surface area contributed by atoms with Crippen LogP contribution in [0.15, 0.2) is 41.3 Å². The fourth-order valence-corrected chi connectivity index (χ4v) is 3.57. The normalized spacial score (nSPS) is 11.3. The average Bonchev–Trinajstić information content (AvgIpc) is 2.48. The van der Waals surface area contributed by atoms with Crippen LogP contribution >= 0.6 is 0 Å². The first-order chi connectivity index (χ1) is 10.6. The Morgan fingerprint density at radius 2 is 1.61 bits per heavy atom. The van der Waals surface area contributed by atoms with E-state index in [0.717, 1.165) is 21.5 Å². The van der Waals surface area contributed by atoms with E-state index in [1.807, 2.05) is 26.0 Å². The van der Waals surface area contributed by atoms with Gasteiger partial charge in [0.15, 0.2) is 0 Å². The standard InChI is InChI=1S/C16H18N2O4S/c1-11-5-6-12(2)15(9-11)17(4)23(21,22)14-8-7-13(3)16(10-14)18(19)20/h5-10H,1-4H3. The van der Waals surface area contributed by atoms with Crippen molar-refractivity contribution in [3.63, 3.8) is 0 Å². The van der Waals surface area contributed by atoms with Gasteiger partial charge in [0.25, 0.3) is 15.7 Å². The maximum absolute atomic E-state index is 12.8. The quantitative estimate of drug-likeness (QED) is 0.634. The third-order valence-electron chi connectivity index (χ3n) is 3.74. The van der Waals surface area contributed by atoms with Crippen molar-refractivity contribution in [2.75, 3.05) is 11.4 Å². The molecule has 0 aliphatic carbocycles. The molecule has 0 fully saturated rings. The molecular weight excluding hydrogens is 316 g/mol. The van der Waals surface area contributed by atoms with Crippen molar-refractivity contribution in [2.45, 2.75) is 25.7 Å². The second-order valence-electron chi connectivity index (χ2n) is 5.47. The molecule has 0 unspecified atom stereocenters. The van der Waals surface area contributed by atoms with Crippen molar-refractivity contribution in [3.05, 3.63) is 63.2 Å². The molecule has 7 heteroatoms. The lowest BCUT2D eigenvalue weighted by Crippen LogP contribution is -2.27. The molecule has 2 aromatic carbocycles. The van der Waals surface area contributed by atoms with E-state index >= 15 is 0 Å². The number of hydrogen-bond donors (Lipinski definition) is 0. The number of benzene rings is 2. The number of nitro groups is 1. The first kappa shape index (κ1) is 17.0. The second-order valence-corrected chi connectivity index (χ2v) is 7.44. The summed E-state index contributed by atoms with van der Waals surface area (Å²) in [6.45, 7) is 5.27. The Bertz CT molecular complexity index is 876. The van der Waals surface area contributed by atoms with Crippen molar-refractivity contribution < 1.29 is 13.3 Å². The fourth-order valence-electron chi connectivity index (χ4n) is 2.29. The molecular formula is C16H18N2O4S. The van der Waals surface area contributed by atoms with Gasteiger partial charge in [0.2, 0.25) is 0 Å². The zero-order valence-electron chi connectivity index (χ0n) is 13.4. The summed E-state index contributed by atoms with van der Waals surface area (Å²) in [4.78, 5) is 10.4.